The standard InChI is InChI=1S/C18H23NO2/c1-2-19-18(12-11-15-4-3-13-20-15)14-5-7-16(8-6-14)21-17-9-10-17/h3-8,13,17-19H,2,9-12H2,1H3. The molecule has 2 aromatic rings. The predicted molar refractivity (Wildman–Crippen MR) is 83.5 cm³/mol. The molecule has 1 fully saturated rings. The Kier molecular flexibility index (Phi) is 4.61. The third kappa shape index (κ3) is 4.11. The second kappa shape index (κ2) is 6.81. The summed E-state index contributed by atoms with van der Waals surface area (Å²) >= 11 is 0. The minimum atomic E-state index is 0.357. The van der Waals surface area contributed by atoms with Gasteiger partial charge >= 0.3 is 0 Å². The molecule has 0 bridgehead atoms. The molecule has 0 amide bonds. The molecule has 1 saturated carbocycles. The first-order valence-electron chi connectivity index (χ1n) is 7.87. The molecule has 0 aliphatic heterocycles. The average Bonchev–Trinajstić information content (AvgIpc) is 3.16. The minimum Gasteiger partial charge on any atom is -0.490 e. The monoisotopic (exact) mass is 285 g/mol. The quantitative estimate of drug-likeness (QED) is 0.792. The van der Waals surface area contributed by atoms with Crippen LogP contribution in [-0.2, 0) is 6.42 Å². The minimum absolute atomic E-state index is 0.357. The molecule has 0 spiro atoms. The van der Waals surface area contributed by atoms with E-state index in [9.17, 15) is 0 Å². The Morgan fingerprint density at radius 2 is 2.05 bits per heavy atom. The third-order valence-electron chi connectivity index (χ3n) is 3.82. The highest BCUT2D eigenvalue weighted by Gasteiger charge is 2.23. The molecular weight excluding hydrogens is 262 g/mol. The number of aryl methyl sites for hydroxylation is 1. The van der Waals surface area contributed by atoms with Gasteiger partial charge in [0, 0.05) is 12.5 Å². The lowest BCUT2D eigenvalue weighted by molar-refractivity contribution is 0.303. The van der Waals surface area contributed by atoms with Crippen LogP contribution in [0.15, 0.2) is 47.1 Å². The smallest absolute Gasteiger partial charge is 0.119 e. The summed E-state index contributed by atoms with van der Waals surface area (Å²) in [6.07, 6.45) is 6.58. The van der Waals surface area contributed by atoms with Gasteiger partial charge in [0.05, 0.1) is 12.4 Å². The van der Waals surface area contributed by atoms with Crippen LogP contribution in [-0.4, -0.2) is 12.6 Å². The van der Waals surface area contributed by atoms with E-state index in [0.29, 0.717) is 12.1 Å². The topological polar surface area (TPSA) is 34.4 Å². The van der Waals surface area contributed by atoms with Crippen molar-refractivity contribution in [3.63, 3.8) is 0 Å². The van der Waals surface area contributed by atoms with Gasteiger partial charge in [-0.2, -0.15) is 0 Å². The number of rotatable bonds is 8. The van der Waals surface area contributed by atoms with Crippen molar-refractivity contribution in [1.29, 1.82) is 0 Å². The van der Waals surface area contributed by atoms with Gasteiger partial charge in [0.15, 0.2) is 0 Å². The van der Waals surface area contributed by atoms with Crippen LogP contribution in [0.25, 0.3) is 0 Å². The van der Waals surface area contributed by atoms with E-state index < -0.39 is 0 Å². The van der Waals surface area contributed by atoms with Gasteiger partial charge in [-0.05, 0) is 55.6 Å². The van der Waals surface area contributed by atoms with Gasteiger partial charge in [-0.1, -0.05) is 19.1 Å². The molecule has 0 saturated heterocycles. The van der Waals surface area contributed by atoms with Crippen molar-refractivity contribution in [2.24, 2.45) is 0 Å². The highest BCUT2D eigenvalue weighted by Crippen LogP contribution is 2.28. The lowest BCUT2D eigenvalue weighted by Crippen LogP contribution is -2.21. The molecule has 3 heteroatoms. The molecule has 1 aliphatic carbocycles. The van der Waals surface area contributed by atoms with Crippen LogP contribution < -0.4 is 10.1 Å². The normalized spacial score (nSPS) is 15.9. The molecule has 3 nitrogen and oxygen atoms in total. The Balaban J connectivity index is 1.61. The van der Waals surface area contributed by atoms with Gasteiger partial charge in [0.1, 0.15) is 11.5 Å². The van der Waals surface area contributed by atoms with Crippen molar-refractivity contribution >= 4 is 0 Å². The summed E-state index contributed by atoms with van der Waals surface area (Å²) in [5.74, 6) is 2.04. The summed E-state index contributed by atoms with van der Waals surface area (Å²) in [6.45, 7) is 3.10. The lowest BCUT2D eigenvalue weighted by Gasteiger charge is -2.18. The number of ether oxygens (including phenoxy) is 1. The molecule has 1 aromatic carbocycles. The van der Waals surface area contributed by atoms with Crippen LogP contribution in [0.3, 0.4) is 0 Å². The second-order valence-electron chi connectivity index (χ2n) is 5.61. The largest absolute Gasteiger partial charge is 0.490 e. The zero-order valence-electron chi connectivity index (χ0n) is 12.5. The molecule has 1 aromatic heterocycles. The Morgan fingerprint density at radius 1 is 1.24 bits per heavy atom. The van der Waals surface area contributed by atoms with E-state index in [1.54, 1.807) is 6.26 Å². The van der Waals surface area contributed by atoms with Crippen LogP contribution >= 0.6 is 0 Å². The fourth-order valence-corrected chi connectivity index (χ4v) is 2.53. The zero-order chi connectivity index (χ0) is 14.5. The van der Waals surface area contributed by atoms with Gasteiger partial charge in [-0.25, -0.2) is 0 Å². The summed E-state index contributed by atoms with van der Waals surface area (Å²) in [7, 11) is 0. The molecule has 1 aliphatic rings. The predicted octanol–water partition coefficient (Wildman–Crippen LogP) is 4.10. The number of hydrogen-bond donors (Lipinski definition) is 1. The van der Waals surface area contributed by atoms with Crippen LogP contribution in [0.5, 0.6) is 5.75 Å². The summed E-state index contributed by atoms with van der Waals surface area (Å²) in [5.41, 5.74) is 1.31. The number of hydrogen-bond acceptors (Lipinski definition) is 3. The van der Waals surface area contributed by atoms with Crippen molar-refractivity contribution in [3.8, 4) is 5.75 Å². The molecule has 1 atom stereocenters. The average molecular weight is 285 g/mol. The zero-order valence-corrected chi connectivity index (χ0v) is 12.5. The van der Waals surface area contributed by atoms with E-state index in [1.807, 2.05) is 12.1 Å². The van der Waals surface area contributed by atoms with E-state index in [1.165, 1.54) is 18.4 Å². The van der Waals surface area contributed by atoms with Crippen molar-refractivity contribution in [3.05, 3.63) is 54.0 Å². The van der Waals surface area contributed by atoms with Gasteiger partial charge in [0.25, 0.3) is 0 Å². The van der Waals surface area contributed by atoms with E-state index in [0.717, 1.165) is 30.9 Å². The van der Waals surface area contributed by atoms with Gasteiger partial charge in [-0.15, -0.1) is 0 Å². The van der Waals surface area contributed by atoms with Crippen molar-refractivity contribution in [2.75, 3.05) is 6.54 Å². The molecule has 1 N–H and O–H groups in total. The Morgan fingerprint density at radius 3 is 2.67 bits per heavy atom. The fraction of sp³-hybridized carbons (Fsp3) is 0.444. The summed E-state index contributed by atoms with van der Waals surface area (Å²) in [6, 6.07) is 12.9. The van der Waals surface area contributed by atoms with E-state index in [-0.39, 0.29) is 0 Å². The van der Waals surface area contributed by atoms with Gasteiger partial charge in [0.2, 0.25) is 0 Å². The number of benzene rings is 1. The first-order chi connectivity index (χ1) is 10.3. The third-order valence-corrected chi connectivity index (χ3v) is 3.82. The maximum Gasteiger partial charge on any atom is 0.119 e. The summed E-state index contributed by atoms with van der Waals surface area (Å²) < 4.78 is 11.2. The molecule has 0 radical (unpaired) electrons. The Bertz CT molecular complexity index is 529. The molecule has 1 heterocycles. The molecule has 3 rings (SSSR count). The maximum atomic E-state index is 5.80. The molecule has 112 valence electrons. The first kappa shape index (κ1) is 14.2. The van der Waals surface area contributed by atoms with E-state index in [4.69, 9.17) is 9.15 Å². The highest BCUT2D eigenvalue weighted by molar-refractivity contribution is 5.29. The Labute approximate surface area is 126 Å². The maximum absolute atomic E-state index is 5.80. The second-order valence-corrected chi connectivity index (χ2v) is 5.61. The number of furan rings is 1. The molecule has 1 unspecified atom stereocenters. The fourth-order valence-electron chi connectivity index (χ4n) is 2.53. The first-order valence-corrected chi connectivity index (χ1v) is 7.87. The van der Waals surface area contributed by atoms with Crippen molar-refractivity contribution < 1.29 is 9.15 Å². The van der Waals surface area contributed by atoms with Crippen LogP contribution in [0.1, 0.15) is 43.6 Å². The van der Waals surface area contributed by atoms with Crippen LogP contribution in [0, 0.1) is 0 Å². The number of nitrogens with one attached hydrogen (secondary N) is 1. The van der Waals surface area contributed by atoms with E-state index >= 15 is 0 Å². The molecule has 21 heavy (non-hydrogen) atoms. The Hall–Kier alpha value is -1.74. The highest BCUT2D eigenvalue weighted by atomic mass is 16.5. The summed E-state index contributed by atoms with van der Waals surface area (Å²) in [4.78, 5) is 0. The summed E-state index contributed by atoms with van der Waals surface area (Å²) in [5, 5.41) is 3.55. The van der Waals surface area contributed by atoms with Gasteiger partial charge in [-0.3, -0.25) is 0 Å². The van der Waals surface area contributed by atoms with Gasteiger partial charge < -0.3 is 14.5 Å². The lowest BCUT2D eigenvalue weighted by atomic mass is 10.0. The van der Waals surface area contributed by atoms with Crippen molar-refractivity contribution in [2.45, 2.75) is 44.8 Å². The molecular formula is C18H23NO2. The SMILES string of the molecule is CCNC(CCc1ccco1)c1ccc(OC2CC2)cc1. The van der Waals surface area contributed by atoms with Crippen LogP contribution in [0.4, 0.5) is 0 Å². The van der Waals surface area contributed by atoms with Crippen molar-refractivity contribution in [1.82, 2.24) is 5.32 Å². The van der Waals surface area contributed by atoms with E-state index in [2.05, 4.69) is 36.5 Å². The van der Waals surface area contributed by atoms with Crippen LogP contribution in [0.2, 0.25) is 0 Å².